The zero-order valence-corrected chi connectivity index (χ0v) is 17.5. The first kappa shape index (κ1) is 20.1. The predicted octanol–water partition coefficient (Wildman–Crippen LogP) is 3.25. The maximum Gasteiger partial charge on any atom is 0.336 e. The minimum atomic E-state index is -0.484. The summed E-state index contributed by atoms with van der Waals surface area (Å²) in [6.45, 7) is 4.66. The highest BCUT2D eigenvalue weighted by molar-refractivity contribution is 5.82. The van der Waals surface area contributed by atoms with Gasteiger partial charge < -0.3 is 4.90 Å². The molecule has 1 fully saturated rings. The van der Waals surface area contributed by atoms with Gasteiger partial charge >= 0.3 is 5.69 Å². The Morgan fingerprint density at radius 1 is 1.07 bits per heavy atom. The van der Waals surface area contributed by atoms with Gasteiger partial charge in [-0.3, -0.25) is 14.2 Å². The molecule has 6 nitrogen and oxygen atoms in total. The van der Waals surface area contributed by atoms with Crippen LogP contribution in [0, 0.1) is 6.92 Å². The standard InChI is InChI=1S/C24H27N3O3/c1-3-18-10-6-7-14-25(18)22(28)16-26-21-13-5-4-12-20(21)23(29)27(24(26)30)19-11-8-9-17(2)15-19/h4-5,8-9,11-13,15,18H,3,6-7,10,14,16H2,1-2H3. The fourth-order valence-corrected chi connectivity index (χ4v) is 4.45. The van der Waals surface area contributed by atoms with Crippen molar-refractivity contribution in [3.63, 3.8) is 0 Å². The van der Waals surface area contributed by atoms with Gasteiger partial charge in [0.25, 0.3) is 5.56 Å². The molecule has 1 aliphatic heterocycles. The number of likely N-dealkylation sites (tertiary alicyclic amines) is 1. The van der Waals surface area contributed by atoms with Crippen LogP contribution in [0.5, 0.6) is 0 Å². The molecule has 1 atom stereocenters. The van der Waals surface area contributed by atoms with Crippen LogP contribution in [0.15, 0.2) is 58.1 Å². The Morgan fingerprint density at radius 3 is 2.63 bits per heavy atom. The van der Waals surface area contributed by atoms with E-state index in [1.165, 1.54) is 9.13 Å². The minimum absolute atomic E-state index is 0.0664. The summed E-state index contributed by atoms with van der Waals surface area (Å²) >= 11 is 0. The van der Waals surface area contributed by atoms with Crippen molar-refractivity contribution in [2.75, 3.05) is 6.54 Å². The van der Waals surface area contributed by atoms with Crippen LogP contribution >= 0.6 is 0 Å². The maximum absolute atomic E-state index is 13.4. The van der Waals surface area contributed by atoms with Crippen LogP contribution in [-0.4, -0.2) is 32.5 Å². The maximum atomic E-state index is 13.4. The van der Waals surface area contributed by atoms with Crippen LogP contribution in [0.3, 0.4) is 0 Å². The van der Waals surface area contributed by atoms with Crippen molar-refractivity contribution in [3.05, 3.63) is 74.9 Å². The van der Waals surface area contributed by atoms with E-state index in [0.29, 0.717) is 16.6 Å². The highest BCUT2D eigenvalue weighted by atomic mass is 16.2. The lowest BCUT2D eigenvalue weighted by molar-refractivity contribution is -0.135. The molecule has 156 valence electrons. The summed E-state index contributed by atoms with van der Waals surface area (Å²) in [4.78, 5) is 41.7. The molecule has 0 radical (unpaired) electrons. The first-order valence-corrected chi connectivity index (χ1v) is 10.6. The van der Waals surface area contributed by atoms with Crippen molar-refractivity contribution >= 4 is 16.8 Å². The summed E-state index contributed by atoms with van der Waals surface area (Å²) in [5, 5.41) is 0.428. The zero-order chi connectivity index (χ0) is 21.3. The van der Waals surface area contributed by atoms with E-state index < -0.39 is 5.69 Å². The summed E-state index contributed by atoms with van der Waals surface area (Å²) in [6.07, 6.45) is 4.02. The molecule has 3 aromatic rings. The van der Waals surface area contributed by atoms with Crippen LogP contribution in [0.25, 0.3) is 16.6 Å². The number of amides is 1. The van der Waals surface area contributed by atoms with Crippen molar-refractivity contribution in [2.45, 2.75) is 52.1 Å². The average Bonchev–Trinajstić information content (AvgIpc) is 2.76. The Balaban J connectivity index is 1.86. The van der Waals surface area contributed by atoms with E-state index in [9.17, 15) is 14.4 Å². The number of fused-ring (bicyclic) bond motifs is 1. The molecule has 1 saturated heterocycles. The Morgan fingerprint density at radius 2 is 1.87 bits per heavy atom. The third-order valence-corrected chi connectivity index (χ3v) is 6.02. The first-order valence-electron chi connectivity index (χ1n) is 10.6. The van der Waals surface area contributed by atoms with Gasteiger partial charge in [-0.25, -0.2) is 9.36 Å². The van der Waals surface area contributed by atoms with Gasteiger partial charge in [-0.2, -0.15) is 0 Å². The van der Waals surface area contributed by atoms with Gasteiger partial charge in [0.2, 0.25) is 5.91 Å². The van der Waals surface area contributed by atoms with Crippen LogP contribution < -0.4 is 11.2 Å². The van der Waals surface area contributed by atoms with E-state index in [1.54, 1.807) is 30.3 Å². The molecule has 2 heterocycles. The van der Waals surface area contributed by atoms with Crippen molar-refractivity contribution in [2.24, 2.45) is 0 Å². The summed E-state index contributed by atoms with van der Waals surface area (Å²) < 4.78 is 2.62. The molecular weight excluding hydrogens is 378 g/mol. The number of benzene rings is 2. The molecule has 0 aliphatic carbocycles. The summed E-state index contributed by atoms with van der Waals surface area (Å²) in [5.74, 6) is -0.0664. The molecule has 30 heavy (non-hydrogen) atoms. The molecule has 0 saturated carbocycles. The summed E-state index contributed by atoms with van der Waals surface area (Å²) in [6, 6.07) is 14.5. The first-order chi connectivity index (χ1) is 14.5. The minimum Gasteiger partial charge on any atom is -0.338 e. The smallest absolute Gasteiger partial charge is 0.336 e. The molecule has 4 rings (SSSR count). The number of hydrogen-bond acceptors (Lipinski definition) is 3. The van der Waals surface area contributed by atoms with E-state index in [-0.39, 0.29) is 24.1 Å². The lowest BCUT2D eigenvalue weighted by Gasteiger charge is -2.35. The normalized spacial score (nSPS) is 16.7. The van der Waals surface area contributed by atoms with Gasteiger partial charge in [0.05, 0.1) is 16.6 Å². The quantitative estimate of drug-likeness (QED) is 0.669. The molecule has 1 aromatic heterocycles. The monoisotopic (exact) mass is 405 g/mol. The Hall–Kier alpha value is -3.15. The average molecular weight is 405 g/mol. The molecule has 1 unspecified atom stereocenters. The van der Waals surface area contributed by atoms with E-state index in [0.717, 1.165) is 37.8 Å². The van der Waals surface area contributed by atoms with Gasteiger partial charge in [-0.05, 0) is 62.4 Å². The van der Waals surface area contributed by atoms with Crippen molar-refractivity contribution in [1.29, 1.82) is 0 Å². The number of nitrogens with zero attached hydrogens (tertiary/aromatic N) is 3. The predicted molar refractivity (Wildman–Crippen MR) is 118 cm³/mol. The second kappa shape index (κ2) is 8.30. The van der Waals surface area contributed by atoms with Crippen LogP contribution in [0.1, 0.15) is 38.2 Å². The lowest BCUT2D eigenvalue weighted by atomic mass is 10.00. The molecule has 1 aliphatic rings. The van der Waals surface area contributed by atoms with Gasteiger partial charge in [0, 0.05) is 12.6 Å². The highest BCUT2D eigenvalue weighted by Crippen LogP contribution is 2.20. The fraction of sp³-hybridized carbons (Fsp3) is 0.375. The number of rotatable bonds is 4. The van der Waals surface area contributed by atoms with Crippen molar-refractivity contribution < 1.29 is 4.79 Å². The third-order valence-electron chi connectivity index (χ3n) is 6.02. The molecule has 0 spiro atoms. The molecule has 0 bridgehead atoms. The zero-order valence-electron chi connectivity index (χ0n) is 17.5. The van der Waals surface area contributed by atoms with Crippen LogP contribution in [-0.2, 0) is 11.3 Å². The van der Waals surface area contributed by atoms with Gasteiger partial charge in [0.15, 0.2) is 0 Å². The summed E-state index contributed by atoms with van der Waals surface area (Å²) in [5.41, 5.74) is 1.11. The lowest BCUT2D eigenvalue weighted by Crippen LogP contribution is -2.47. The molecule has 2 aromatic carbocycles. The van der Waals surface area contributed by atoms with Crippen molar-refractivity contribution in [3.8, 4) is 5.69 Å². The topological polar surface area (TPSA) is 64.3 Å². The van der Waals surface area contributed by atoms with E-state index in [1.807, 2.05) is 30.0 Å². The third kappa shape index (κ3) is 3.58. The fourth-order valence-electron chi connectivity index (χ4n) is 4.45. The Kier molecular flexibility index (Phi) is 5.57. The molecule has 1 amide bonds. The van der Waals surface area contributed by atoms with Gasteiger partial charge in [-0.1, -0.05) is 31.2 Å². The summed E-state index contributed by atoms with van der Waals surface area (Å²) in [7, 11) is 0. The second-order valence-corrected chi connectivity index (χ2v) is 8.01. The van der Waals surface area contributed by atoms with Crippen LogP contribution in [0.4, 0.5) is 0 Å². The van der Waals surface area contributed by atoms with E-state index >= 15 is 0 Å². The van der Waals surface area contributed by atoms with Gasteiger partial charge in [-0.15, -0.1) is 0 Å². The molecule has 0 N–H and O–H groups in total. The number of carbonyl (C=O) groups is 1. The highest BCUT2D eigenvalue weighted by Gasteiger charge is 2.26. The molecule has 6 heteroatoms. The number of carbonyl (C=O) groups excluding carboxylic acids is 1. The number of aryl methyl sites for hydroxylation is 1. The number of hydrogen-bond donors (Lipinski definition) is 0. The Labute approximate surface area is 175 Å². The second-order valence-electron chi connectivity index (χ2n) is 8.01. The number of para-hydroxylation sites is 1. The SMILES string of the molecule is CCC1CCCCN1C(=O)Cn1c(=O)n(-c2cccc(C)c2)c(=O)c2ccccc21. The molecular formula is C24H27N3O3. The number of aromatic nitrogens is 2. The van der Waals surface area contributed by atoms with Crippen LogP contribution in [0.2, 0.25) is 0 Å². The van der Waals surface area contributed by atoms with E-state index in [2.05, 4.69) is 6.92 Å². The number of piperidine rings is 1. The largest absolute Gasteiger partial charge is 0.338 e. The van der Waals surface area contributed by atoms with Crippen molar-refractivity contribution in [1.82, 2.24) is 14.0 Å². The van der Waals surface area contributed by atoms with Gasteiger partial charge in [0.1, 0.15) is 6.54 Å². The van der Waals surface area contributed by atoms with E-state index in [4.69, 9.17) is 0 Å². The Bertz CT molecular complexity index is 1210.